The minimum atomic E-state index is -1.49. The minimum absolute atomic E-state index is 0.0473. The van der Waals surface area contributed by atoms with Crippen LogP contribution in [0.4, 0.5) is 0 Å². The average Bonchev–Trinajstić information content (AvgIpc) is 2.83. The molecule has 38 heavy (non-hydrogen) atoms. The molecule has 5 unspecified atom stereocenters. The third kappa shape index (κ3) is 14.0. The third-order valence-corrected chi connectivity index (χ3v) is 5.67. The topological polar surface area (TPSA) is 295 Å². The molecular formula is C22H40N8O8. The lowest BCUT2D eigenvalue weighted by Gasteiger charge is -2.28. The zero-order valence-electron chi connectivity index (χ0n) is 21.6. The zero-order valence-corrected chi connectivity index (χ0v) is 21.6. The van der Waals surface area contributed by atoms with Crippen molar-refractivity contribution in [3.8, 4) is 0 Å². The fourth-order valence-corrected chi connectivity index (χ4v) is 3.22. The van der Waals surface area contributed by atoms with Crippen molar-refractivity contribution in [1.29, 1.82) is 0 Å². The molecule has 0 aliphatic carbocycles. The van der Waals surface area contributed by atoms with Gasteiger partial charge in [-0.15, -0.1) is 0 Å². The second-order valence-corrected chi connectivity index (χ2v) is 8.83. The van der Waals surface area contributed by atoms with Gasteiger partial charge in [-0.1, -0.05) is 20.3 Å². The molecule has 0 heterocycles. The smallest absolute Gasteiger partial charge is 0.326 e. The van der Waals surface area contributed by atoms with Gasteiger partial charge >= 0.3 is 11.9 Å². The van der Waals surface area contributed by atoms with Crippen molar-refractivity contribution in [2.45, 2.75) is 83.0 Å². The summed E-state index contributed by atoms with van der Waals surface area (Å²) in [5, 5.41) is 25.5. The highest BCUT2D eigenvalue weighted by molar-refractivity contribution is 5.94. The lowest BCUT2D eigenvalue weighted by molar-refractivity contribution is -0.143. The van der Waals surface area contributed by atoms with Crippen LogP contribution in [-0.2, 0) is 28.8 Å². The highest BCUT2D eigenvalue weighted by atomic mass is 16.4. The number of rotatable bonds is 19. The first-order chi connectivity index (χ1) is 17.7. The van der Waals surface area contributed by atoms with Crippen LogP contribution in [0.5, 0.6) is 0 Å². The number of hydrogen-bond acceptors (Lipinski definition) is 8. The van der Waals surface area contributed by atoms with E-state index in [1.807, 2.05) is 0 Å². The van der Waals surface area contributed by atoms with Crippen molar-refractivity contribution in [3.63, 3.8) is 0 Å². The Balaban J connectivity index is 5.67. The zero-order chi connectivity index (χ0) is 29.4. The summed E-state index contributed by atoms with van der Waals surface area (Å²) in [6, 6.07) is -4.98. The molecule has 0 spiro atoms. The predicted octanol–water partition coefficient (Wildman–Crippen LogP) is -2.92. The van der Waals surface area contributed by atoms with Gasteiger partial charge in [0.15, 0.2) is 5.96 Å². The molecule has 0 bridgehead atoms. The molecule has 0 aromatic heterocycles. The summed E-state index contributed by atoms with van der Waals surface area (Å²) in [7, 11) is 0. The molecule has 0 aliphatic heterocycles. The lowest BCUT2D eigenvalue weighted by Crippen LogP contribution is -2.58. The van der Waals surface area contributed by atoms with Gasteiger partial charge in [0, 0.05) is 19.4 Å². The first kappa shape index (κ1) is 34.0. The van der Waals surface area contributed by atoms with Crippen LogP contribution >= 0.6 is 0 Å². The summed E-state index contributed by atoms with van der Waals surface area (Å²) in [6.45, 7) is 3.56. The molecule has 13 N–H and O–H groups in total. The van der Waals surface area contributed by atoms with E-state index in [-0.39, 0.29) is 44.6 Å². The number of hydrogen-bond donors (Lipinski definition) is 9. The molecule has 0 saturated carbocycles. The maximum absolute atomic E-state index is 13.2. The van der Waals surface area contributed by atoms with Crippen LogP contribution in [0.25, 0.3) is 0 Å². The summed E-state index contributed by atoms with van der Waals surface area (Å²) >= 11 is 0. The Kier molecular flexibility index (Phi) is 15.7. The van der Waals surface area contributed by atoms with Crippen LogP contribution in [-0.4, -0.2) is 82.5 Å². The SMILES string of the molecule is CCC(C)C(NC(=O)C(CCCN=C(N)N)NC(=O)C(N)CCC(N)=O)C(=O)NC(CCC(=O)O)C(=O)O. The maximum Gasteiger partial charge on any atom is 0.326 e. The number of aliphatic carboxylic acids is 2. The van der Waals surface area contributed by atoms with Crippen LogP contribution < -0.4 is 38.9 Å². The first-order valence-corrected chi connectivity index (χ1v) is 12.1. The molecule has 5 atom stereocenters. The van der Waals surface area contributed by atoms with Gasteiger partial charge in [0.2, 0.25) is 23.6 Å². The Bertz CT molecular complexity index is 877. The number of primary amides is 1. The predicted molar refractivity (Wildman–Crippen MR) is 136 cm³/mol. The number of nitrogens with two attached hydrogens (primary N) is 4. The third-order valence-electron chi connectivity index (χ3n) is 5.67. The molecule has 0 radical (unpaired) electrons. The van der Waals surface area contributed by atoms with E-state index in [4.69, 9.17) is 28.0 Å². The monoisotopic (exact) mass is 544 g/mol. The number of amides is 4. The molecule has 0 saturated heterocycles. The van der Waals surface area contributed by atoms with E-state index in [1.54, 1.807) is 13.8 Å². The number of carboxylic acid groups (broad SMARTS) is 2. The molecule has 216 valence electrons. The summed E-state index contributed by atoms with van der Waals surface area (Å²) in [6.07, 6.45) is -0.287. The highest BCUT2D eigenvalue weighted by Gasteiger charge is 2.32. The van der Waals surface area contributed by atoms with Gasteiger partial charge in [-0.25, -0.2) is 4.79 Å². The van der Waals surface area contributed by atoms with Gasteiger partial charge in [0.25, 0.3) is 0 Å². The van der Waals surface area contributed by atoms with Crippen molar-refractivity contribution >= 4 is 41.5 Å². The molecule has 0 aliphatic rings. The Morgan fingerprint density at radius 3 is 1.92 bits per heavy atom. The van der Waals surface area contributed by atoms with Gasteiger partial charge in [-0.05, 0) is 31.6 Å². The van der Waals surface area contributed by atoms with E-state index in [9.17, 15) is 33.9 Å². The molecule has 16 nitrogen and oxygen atoms in total. The fourth-order valence-electron chi connectivity index (χ4n) is 3.22. The molecule has 0 rings (SSSR count). The summed E-state index contributed by atoms with van der Waals surface area (Å²) in [4.78, 5) is 75.8. The van der Waals surface area contributed by atoms with Crippen molar-refractivity contribution in [1.82, 2.24) is 16.0 Å². The number of nitrogens with zero attached hydrogens (tertiary/aromatic N) is 1. The normalized spacial score (nSPS) is 14.6. The van der Waals surface area contributed by atoms with E-state index in [0.717, 1.165) is 0 Å². The molecule has 0 aromatic rings. The maximum atomic E-state index is 13.2. The standard InChI is InChI=1S/C22H40N8O8/c1-3-11(2)17(20(36)29-14(21(37)38)7-9-16(32)33)30-19(35)13(5-4-10-27-22(25)26)28-18(34)12(23)6-8-15(24)31/h11-14,17H,3-10,23H2,1-2H3,(H2,24,31)(H,28,34)(H,29,36)(H,30,35)(H,32,33)(H,37,38)(H4,25,26,27). The highest BCUT2D eigenvalue weighted by Crippen LogP contribution is 2.11. The van der Waals surface area contributed by atoms with Crippen LogP contribution in [0.3, 0.4) is 0 Å². The number of aliphatic imine (C=N–C) groups is 1. The summed E-state index contributed by atoms with van der Waals surface area (Å²) in [5.74, 6) is -6.22. The second-order valence-electron chi connectivity index (χ2n) is 8.83. The van der Waals surface area contributed by atoms with E-state index in [2.05, 4.69) is 20.9 Å². The lowest BCUT2D eigenvalue weighted by atomic mass is 9.96. The Morgan fingerprint density at radius 2 is 1.42 bits per heavy atom. The molecule has 0 aromatic carbocycles. The number of guanidine groups is 1. The average molecular weight is 545 g/mol. The molecule has 16 heteroatoms. The van der Waals surface area contributed by atoms with Gasteiger partial charge in [-0.3, -0.25) is 29.0 Å². The van der Waals surface area contributed by atoms with Crippen LogP contribution in [0.2, 0.25) is 0 Å². The minimum Gasteiger partial charge on any atom is -0.481 e. The van der Waals surface area contributed by atoms with E-state index >= 15 is 0 Å². The number of carbonyl (C=O) groups is 6. The van der Waals surface area contributed by atoms with Gasteiger partial charge in [0.1, 0.15) is 18.1 Å². The number of nitrogens with one attached hydrogen (secondary N) is 3. The van der Waals surface area contributed by atoms with Crippen molar-refractivity contribution in [2.75, 3.05) is 6.54 Å². The van der Waals surface area contributed by atoms with Gasteiger partial charge in [0.05, 0.1) is 6.04 Å². The van der Waals surface area contributed by atoms with Crippen molar-refractivity contribution in [2.24, 2.45) is 33.8 Å². The Morgan fingerprint density at radius 1 is 0.816 bits per heavy atom. The largest absolute Gasteiger partial charge is 0.481 e. The van der Waals surface area contributed by atoms with Crippen LogP contribution in [0.15, 0.2) is 4.99 Å². The van der Waals surface area contributed by atoms with E-state index in [1.165, 1.54) is 0 Å². The van der Waals surface area contributed by atoms with Crippen LogP contribution in [0.1, 0.15) is 58.8 Å². The number of carboxylic acids is 2. The molecule has 0 fully saturated rings. The first-order valence-electron chi connectivity index (χ1n) is 12.1. The molecular weight excluding hydrogens is 504 g/mol. The van der Waals surface area contributed by atoms with Gasteiger partial charge < -0.3 is 49.1 Å². The fraction of sp³-hybridized carbons (Fsp3) is 0.682. The van der Waals surface area contributed by atoms with E-state index in [0.29, 0.717) is 6.42 Å². The Labute approximate surface area is 220 Å². The quantitative estimate of drug-likeness (QED) is 0.0450. The second kappa shape index (κ2) is 17.5. The van der Waals surface area contributed by atoms with Gasteiger partial charge in [-0.2, -0.15) is 0 Å². The van der Waals surface area contributed by atoms with Crippen LogP contribution in [0, 0.1) is 5.92 Å². The molecule has 4 amide bonds. The van der Waals surface area contributed by atoms with Crippen molar-refractivity contribution in [3.05, 3.63) is 0 Å². The number of carbonyl (C=O) groups excluding carboxylic acids is 4. The van der Waals surface area contributed by atoms with Crippen molar-refractivity contribution < 1.29 is 39.0 Å². The Hall–Kier alpha value is -3.95. The summed E-state index contributed by atoms with van der Waals surface area (Å²) in [5.41, 5.74) is 21.5. The summed E-state index contributed by atoms with van der Waals surface area (Å²) < 4.78 is 0. The van der Waals surface area contributed by atoms with E-state index < -0.39 is 72.1 Å².